The predicted molar refractivity (Wildman–Crippen MR) is 121 cm³/mol. The number of amides is 1. The Balaban J connectivity index is 1.56. The molecule has 1 heterocycles. The van der Waals surface area contributed by atoms with Gasteiger partial charge in [0.2, 0.25) is 6.10 Å². The Bertz CT molecular complexity index is 970. The highest BCUT2D eigenvalue weighted by atomic mass is 16.6. The van der Waals surface area contributed by atoms with Gasteiger partial charge in [-0.25, -0.2) is 5.43 Å². The van der Waals surface area contributed by atoms with Crippen molar-refractivity contribution >= 4 is 17.7 Å². The number of hydrazone groups is 1. The molecule has 1 atom stereocenters. The van der Waals surface area contributed by atoms with E-state index in [1.165, 1.54) is 0 Å². The van der Waals surface area contributed by atoms with Gasteiger partial charge in [0.25, 0.3) is 5.91 Å². The predicted octanol–water partition coefficient (Wildman–Crippen LogP) is 4.89. The summed E-state index contributed by atoms with van der Waals surface area (Å²) < 4.78 is 11.6. The molecule has 0 bridgehead atoms. The minimum Gasteiger partial charge on any atom is -0.485 e. The molecule has 2 aromatic rings. The van der Waals surface area contributed by atoms with Gasteiger partial charge in [-0.3, -0.25) is 4.79 Å². The van der Waals surface area contributed by atoms with Gasteiger partial charge in [0, 0.05) is 0 Å². The third-order valence-electron chi connectivity index (χ3n) is 4.64. The van der Waals surface area contributed by atoms with Gasteiger partial charge in [0.1, 0.15) is 6.61 Å². The second kappa shape index (κ2) is 9.44. The van der Waals surface area contributed by atoms with Crippen LogP contribution in [0.2, 0.25) is 0 Å². The van der Waals surface area contributed by atoms with Crippen molar-refractivity contribution in [1.82, 2.24) is 5.43 Å². The minimum absolute atomic E-state index is 0.0176. The van der Waals surface area contributed by atoms with Gasteiger partial charge in [-0.2, -0.15) is 5.10 Å². The highest BCUT2D eigenvalue weighted by Crippen LogP contribution is 2.36. The van der Waals surface area contributed by atoms with Gasteiger partial charge in [-0.05, 0) is 41.7 Å². The number of nitrogens with one attached hydrogen (secondary N) is 1. The van der Waals surface area contributed by atoms with Crippen LogP contribution in [-0.2, 0) is 10.2 Å². The van der Waals surface area contributed by atoms with Gasteiger partial charge in [0.05, 0.1) is 5.71 Å². The van der Waals surface area contributed by atoms with Crippen LogP contribution in [0, 0.1) is 0 Å². The summed E-state index contributed by atoms with van der Waals surface area (Å²) in [5, 5.41) is 4.12. The third kappa shape index (κ3) is 5.83. The molecule has 30 heavy (non-hydrogen) atoms. The molecular formula is C25H28N2O3. The molecule has 5 nitrogen and oxygen atoms in total. The molecule has 5 heteroatoms. The van der Waals surface area contributed by atoms with Crippen LogP contribution in [0.4, 0.5) is 0 Å². The lowest BCUT2D eigenvalue weighted by atomic mass is 9.87. The van der Waals surface area contributed by atoms with Crippen molar-refractivity contribution in [2.75, 3.05) is 6.61 Å². The second-order valence-electron chi connectivity index (χ2n) is 8.19. The van der Waals surface area contributed by atoms with Gasteiger partial charge >= 0.3 is 0 Å². The topological polar surface area (TPSA) is 59.9 Å². The van der Waals surface area contributed by atoms with Crippen molar-refractivity contribution in [3.63, 3.8) is 0 Å². The lowest BCUT2D eigenvalue weighted by Crippen LogP contribution is -2.42. The first-order chi connectivity index (χ1) is 14.3. The van der Waals surface area contributed by atoms with Crippen LogP contribution in [0.15, 0.2) is 71.9 Å². The number of hydrogen-bond donors (Lipinski definition) is 1. The Morgan fingerprint density at radius 3 is 2.60 bits per heavy atom. The van der Waals surface area contributed by atoms with Crippen LogP contribution < -0.4 is 14.9 Å². The van der Waals surface area contributed by atoms with Crippen molar-refractivity contribution in [2.45, 2.75) is 39.2 Å². The molecule has 1 aliphatic rings. The number of ether oxygens (including phenoxy) is 2. The number of fused-ring (bicyclic) bond motifs is 1. The average molecular weight is 405 g/mol. The van der Waals surface area contributed by atoms with Crippen molar-refractivity contribution in [3.8, 4) is 11.5 Å². The molecule has 0 radical (unpaired) electrons. The molecule has 1 aliphatic heterocycles. The lowest BCUT2D eigenvalue weighted by molar-refractivity contribution is -0.130. The van der Waals surface area contributed by atoms with Gasteiger partial charge < -0.3 is 9.47 Å². The zero-order chi connectivity index (χ0) is 21.6. The number of allylic oxidation sites excluding steroid dienone is 3. The smallest absolute Gasteiger partial charge is 0.284 e. The summed E-state index contributed by atoms with van der Waals surface area (Å²) in [5.74, 6) is 0.898. The molecule has 0 fully saturated rings. The summed E-state index contributed by atoms with van der Waals surface area (Å²) >= 11 is 0. The van der Waals surface area contributed by atoms with Crippen molar-refractivity contribution in [3.05, 3.63) is 77.9 Å². The Morgan fingerprint density at radius 1 is 1.10 bits per heavy atom. The zero-order valence-corrected chi connectivity index (χ0v) is 17.9. The molecule has 0 spiro atoms. The summed E-state index contributed by atoms with van der Waals surface area (Å²) in [6.45, 7) is 8.35. The maximum Gasteiger partial charge on any atom is 0.284 e. The van der Waals surface area contributed by atoms with Gasteiger partial charge in [0.15, 0.2) is 11.5 Å². The summed E-state index contributed by atoms with van der Waals surface area (Å²) in [7, 11) is 0. The van der Waals surface area contributed by atoms with Crippen molar-refractivity contribution in [2.24, 2.45) is 5.10 Å². The van der Waals surface area contributed by atoms with E-state index >= 15 is 0 Å². The molecule has 156 valence electrons. The molecule has 3 rings (SSSR count). The number of rotatable bonds is 5. The summed E-state index contributed by atoms with van der Waals surface area (Å²) in [6.07, 6.45) is 6.88. The zero-order valence-electron chi connectivity index (χ0n) is 17.9. The highest BCUT2D eigenvalue weighted by Gasteiger charge is 2.28. The van der Waals surface area contributed by atoms with E-state index in [-0.39, 0.29) is 17.9 Å². The maximum absolute atomic E-state index is 12.4. The van der Waals surface area contributed by atoms with E-state index in [9.17, 15) is 4.79 Å². The van der Waals surface area contributed by atoms with Crippen molar-refractivity contribution in [1.29, 1.82) is 0 Å². The maximum atomic E-state index is 12.4. The fourth-order valence-electron chi connectivity index (χ4n) is 2.85. The number of benzene rings is 2. The van der Waals surface area contributed by atoms with E-state index < -0.39 is 6.10 Å². The van der Waals surface area contributed by atoms with E-state index in [1.54, 1.807) is 0 Å². The van der Waals surface area contributed by atoms with E-state index in [0.29, 0.717) is 17.2 Å². The lowest BCUT2D eigenvalue weighted by Gasteiger charge is -2.27. The van der Waals surface area contributed by atoms with Crippen LogP contribution in [-0.4, -0.2) is 24.3 Å². The number of carbonyl (C=O) groups is 1. The summed E-state index contributed by atoms with van der Waals surface area (Å²) in [6, 6.07) is 15.9. The molecule has 2 aromatic carbocycles. The molecule has 1 amide bonds. The first-order valence-electron chi connectivity index (χ1n) is 10.0. The van der Waals surface area contributed by atoms with Crippen LogP contribution in [0.3, 0.4) is 0 Å². The SMILES string of the molecule is CC(C=CC=Cc1ccccc1)=NNC(=O)C1COc2ccc(C(C)(C)C)cc2O1. The first kappa shape index (κ1) is 21.4. The van der Waals surface area contributed by atoms with Crippen LogP contribution in [0.5, 0.6) is 11.5 Å². The quantitative estimate of drug-likeness (QED) is 0.439. The minimum atomic E-state index is -0.744. The largest absolute Gasteiger partial charge is 0.485 e. The first-order valence-corrected chi connectivity index (χ1v) is 10.0. The van der Waals surface area contributed by atoms with Crippen LogP contribution >= 0.6 is 0 Å². The van der Waals surface area contributed by atoms with Gasteiger partial charge in [-0.15, -0.1) is 0 Å². The normalized spacial score (nSPS) is 16.8. The van der Waals surface area contributed by atoms with Gasteiger partial charge in [-0.1, -0.05) is 75.4 Å². The Morgan fingerprint density at radius 2 is 1.87 bits per heavy atom. The Labute approximate surface area is 178 Å². The Kier molecular flexibility index (Phi) is 6.72. The average Bonchev–Trinajstić information content (AvgIpc) is 2.74. The monoisotopic (exact) mass is 404 g/mol. The molecule has 1 N–H and O–H groups in total. The summed E-state index contributed by atoms with van der Waals surface area (Å²) in [4.78, 5) is 12.4. The molecule has 1 unspecified atom stereocenters. The van der Waals surface area contributed by atoms with E-state index in [2.05, 4.69) is 31.3 Å². The molecule has 0 saturated heterocycles. The van der Waals surface area contributed by atoms with Crippen LogP contribution in [0.25, 0.3) is 6.08 Å². The third-order valence-corrected chi connectivity index (χ3v) is 4.64. The summed E-state index contributed by atoms with van der Waals surface area (Å²) in [5.41, 5.74) is 5.45. The molecule has 0 aromatic heterocycles. The number of nitrogens with zero attached hydrogens (tertiary/aromatic N) is 1. The second-order valence-corrected chi connectivity index (χ2v) is 8.19. The van der Waals surface area contributed by atoms with E-state index in [4.69, 9.17) is 9.47 Å². The van der Waals surface area contributed by atoms with E-state index in [0.717, 1.165) is 11.1 Å². The number of hydrogen-bond acceptors (Lipinski definition) is 4. The van der Waals surface area contributed by atoms with Crippen LogP contribution in [0.1, 0.15) is 38.8 Å². The standard InChI is InChI=1S/C25H28N2O3/c1-18(10-8-9-13-19-11-6-5-7-12-19)26-27-24(28)23-17-29-21-15-14-20(25(2,3)4)16-22(21)30-23/h5-16,23H,17H2,1-4H3,(H,27,28). The Hall–Kier alpha value is -3.34. The van der Waals surface area contributed by atoms with Crippen molar-refractivity contribution < 1.29 is 14.3 Å². The fourth-order valence-corrected chi connectivity index (χ4v) is 2.85. The fraction of sp³-hybridized carbons (Fsp3) is 0.280. The molecule has 0 aliphatic carbocycles. The number of carbonyl (C=O) groups excluding carboxylic acids is 1. The molecular weight excluding hydrogens is 376 g/mol. The molecule has 0 saturated carbocycles. The van der Waals surface area contributed by atoms with E-state index in [1.807, 2.05) is 79.8 Å². The highest BCUT2D eigenvalue weighted by molar-refractivity contribution is 5.94.